The first-order valence-corrected chi connectivity index (χ1v) is 11.6. The summed E-state index contributed by atoms with van der Waals surface area (Å²) in [6.07, 6.45) is -1.89. The summed E-state index contributed by atoms with van der Waals surface area (Å²) in [6, 6.07) is 29.6. The van der Waals surface area contributed by atoms with E-state index >= 15 is 0 Å². The Morgan fingerprint density at radius 2 is 1.15 bits per heavy atom. The van der Waals surface area contributed by atoms with E-state index in [0.717, 1.165) is 16.7 Å². The Hall–Kier alpha value is -2.58. The van der Waals surface area contributed by atoms with Crippen LogP contribution in [0.4, 0.5) is 0 Å². The molecular formula is C28H33NO5. The highest BCUT2D eigenvalue weighted by Crippen LogP contribution is 2.27. The summed E-state index contributed by atoms with van der Waals surface area (Å²) >= 11 is 0. The first-order valence-electron chi connectivity index (χ1n) is 11.6. The summed E-state index contributed by atoms with van der Waals surface area (Å²) in [5, 5.41) is 0. The average Bonchev–Trinajstić information content (AvgIpc) is 2.89. The van der Waals surface area contributed by atoms with Gasteiger partial charge >= 0.3 is 0 Å². The van der Waals surface area contributed by atoms with Crippen molar-refractivity contribution in [1.82, 2.24) is 0 Å². The Bertz CT molecular complexity index is 956. The summed E-state index contributed by atoms with van der Waals surface area (Å²) in [7, 11) is 1.59. The molecule has 0 aromatic heterocycles. The van der Waals surface area contributed by atoms with Gasteiger partial charge in [-0.15, -0.1) is 0 Å². The minimum Gasteiger partial charge on any atom is -0.374 e. The lowest BCUT2D eigenvalue weighted by Gasteiger charge is -2.44. The van der Waals surface area contributed by atoms with Crippen LogP contribution >= 0.6 is 0 Å². The third kappa shape index (κ3) is 6.73. The molecule has 6 heteroatoms. The third-order valence-corrected chi connectivity index (χ3v) is 5.89. The van der Waals surface area contributed by atoms with Crippen LogP contribution in [-0.4, -0.2) is 44.4 Å². The van der Waals surface area contributed by atoms with E-state index in [1.807, 2.05) is 91.0 Å². The van der Waals surface area contributed by atoms with Crippen LogP contribution in [0.3, 0.4) is 0 Å². The lowest BCUT2D eigenvalue weighted by Crippen LogP contribution is -2.63. The van der Waals surface area contributed by atoms with E-state index < -0.39 is 30.6 Å². The molecule has 0 saturated carbocycles. The molecule has 180 valence electrons. The third-order valence-electron chi connectivity index (χ3n) is 5.89. The predicted molar refractivity (Wildman–Crippen MR) is 130 cm³/mol. The summed E-state index contributed by atoms with van der Waals surface area (Å²) in [4.78, 5) is 0. The van der Waals surface area contributed by atoms with Crippen LogP contribution in [0.25, 0.3) is 0 Å². The van der Waals surface area contributed by atoms with Crippen LogP contribution in [0.15, 0.2) is 91.0 Å². The van der Waals surface area contributed by atoms with E-state index in [4.69, 9.17) is 29.4 Å². The highest BCUT2D eigenvalue weighted by atomic mass is 16.7. The van der Waals surface area contributed by atoms with Gasteiger partial charge in [-0.25, -0.2) is 0 Å². The quantitative estimate of drug-likeness (QED) is 0.462. The molecule has 4 rings (SSSR count). The van der Waals surface area contributed by atoms with Gasteiger partial charge in [-0.2, -0.15) is 0 Å². The van der Waals surface area contributed by atoms with Gasteiger partial charge in [0.2, 0.25) is 0 Å². The summed E-state index contributed by atoms with van der Waals surface area (Å²) < 4.78 is 30.5. The first kappa shape index (κ1) is 24.5. The first-order chi connectivity index (χ1) is 16.7. The molecule has 34 heavy (non-hydrogen) atoms. The van der Waals surface area contributed by atoms with Crippen LogP contribution in [0, 0.1) is 0 Å². The Kier molecular flexibility index (Phi) is 9.21. The fourth-order valence-electron chi connectivity index (χ4n) is 4.08. The van der Waals surface area contributed by atoms with Gasteiger partial charge in [0.1, 0.15) is 18.3 Å². The van der Waals surface area contributed by atoms with Gasteiger partial charge in [-0.05, 0) is 16.7 Å². The Labute approximate surface area is 201 Å². The zero-order valence-corrected chi connectivity index (χ0v) is 19.5. The van der Waals surface area contributed by atoms with Crippen LogP contribution in [0.2, 0.25) is 0 Å². The SMILES string of the molecule is CO[C@H]1O[C@H](COCc2ccccc2)[C@H](OCc2ccccc2)[C@H](OCc2ccccc2)[C@H]1N. The maximum absolute atomic E-state index is 6.54. The van der Waals surface area contributed by atoms with Crippen molar-refractivity contribution in [2.75, 3.05) is 13.7 Å². The largest absolute Gasteiger partial charge is 0.374 e. The van der Waals surface area contributed by atoms with E-state index in [2.05, 4.69) is 0 Å². The lowest BCUT2D eigenvalue weighted by molar-refractivity contribution is -0.280. The van der Waals surface area contributed by atoms with Gasteiger partial charge in [0, 0.05) is 7.11 Å². The zero-order chi connectivity index (χ0) is 23.6. The number of ether oxygens (including phenoxy) is 5. The van der Waals surface area contributed by atoms with Crippen LogP contribution < -0.4 is 5.73 Å². The van der Waals surface area contributed by atoms with Crippen molar-refractivity contribution in [2.45, 2.75) is 50.5 Å². The van der Waals surface area contributed by atoms with Gasteiger partial charge < -0.3 is 29.4 Å². The van der Waals surface area contributed by atoms with Crippen molar-refractivity contribution < 1.29 is 23.7 Å². The number of benzene rings is 3. The van der Waals surface area contributed by atoms with Crippen LogP contribution in [0.1, 0.15) is 16.7 Å². The molecule has 1 saturated heterocycles. The molecule has 3 aromatic rings. The van der Waals surface area contributed by atoms with Crippen molar-refractivity contribution in [3.8, 4) is 0 Å². The normalized spacial score (nSPS) is 24.7. The smallest absolute Gasteiger partial charge is 0.175 e. The number of rotatable bonds is 11. The maximum Gasteiger partial charge on any atom is 0.175 e. The number of hydrogen-bond donors (Lipinski definition) is 1. The fraction of sp³-hybridized carbons (Fsp3) is 0.357. The van der Waals surface area contributed by atoms with Gasteiger partial charge in [0.15, 0.2) is 6.29 Å². The second-order valence-corrected chi connectivity index (χ2v) is 8.38. The van der Waals surface area contributed by atoms with Gasteiger partial charge in [0.25, 0.3) is 0 Å². The molecule has 1 fully saturated rings. The minimum atomic E-state index is -0.623. The van der Waals surface area contributed by atoms with Crippen LogP contribution in [0.5, 0.6) is 0 Å². The number of hydrogen-bond acceptors (Lipinski definition) is 6. The fourth-order valence-corrected chi connectivity index (χ4v) is 4.08. The Morgan fingerprint density at radius 1 is 0.676 bits per heavy atom. The molecule has 0 aliphatic carbocycles. The Morgan fingerprint density at radius 3 is 1.65 bits per heavy atom. The molecule has 0 bridgehead atoms. The number of nitrogens with two attached hydrogens (primary N) is 1. The Balaban J connectivity index is 1.48. The van der Waals surface area contributed by atoms with Gasteiger partial charge in [-0.3, -0.25) is 0 Å². The van der Waals surface area contributed by atoms with Crippen molar-refractivity contribution in [3.63, 3.8) is 0 Å². The monoisotopic (exact) mass is 463 g/mol. The minimum absolute atomic E-state index is 0.326. The topological polar surface area (TPSA) is 72.2 Å². The van der Waals surface area contributed by atoms with E-state index in [-0.39, 0.29) is 0 Å². The maximum atomic E-state index is 6.54. The molecule has 1 heterocycles. The molecule has 3 aromatic carbocycles. The van der Waals surface area contributed by atoms with Crippen molar-refractivity contribution in [2.24, 2.45) is 5.73 Å². The molecular weight excluding hydrogens is 430 g/mol. The molecule has 0 amide bonds. The van der Waals surface area contributed by atoms with Crippen molar-refractivity contribution >= 4 is 0 Å². The van der Waals surface area contributed by atoms with E-state index in [9.17, 15) is 0 Å². The molecule has 2 N–H and O–H groups in total. The second kappa shape index (κ2) is 12.8. The average molecular weight is 464 g/mol. The standard InChI is InChI=1S/C28H33NO5/c1-30-28-25(29)27(33-19-23-15-9-4-10-16-23)26(32-18-22-13-7-3-8-14-22)24(34-28)20-31-17-21-11-5-2-6-12-21/h2-16,24-28H,17-20,29H2,1H3/t24-,25-,26+,27-,28+/m1/s1. The van der Waals surface area contributed by atoms with Crippen molar-refractivity contribution in [3.05, 3.63) is 108 Å². The summed E-state index contributed by atoms with van der Waals surface area (Å²) in [5.74, 6) is 0. The molecule has 1 aliphatic rings. The van der Waals surface area contributed by atoms with E-state index in [0.29, 0.717) is 26.4 Å². The van der Waals surface area contributed by atoms with E-state index in [1.54, 1.807) is 7.11 Å². The van der Waals surface area contributed by atoms with Crippen molar-refractivity contribution in [1.29, 1.82) is 0 Å². The van der Waals surface area contributed by atoms with Gasteiger partial charge in [0.05, 0.1) is 32.5 Å². The molecule has 0 spiro atoms. The second-order valence-electron chi connectivity index (χ2n) is 8.38. The van der Waals surface area contributed by atoms with E-state index in [1.165, 1.54) is 0 Å². The number of methoxy groups -OCH3 is 1. The summed E-state index contributed by atoms with van der Waals surface area (Å²) in [5.41, 5.74) is 9.77. The van der Waals surface area contributed by atoms with Gasteiger partial charge in [-0.1, -0.05) is 91.0 Å². The highest BCUT2D eigenvalue weighted by Gasteiger charge is 2.46. The molecule has 5 atom stereocenters. The summed E-state index contributed by atoms with van der Waals surface area (Å²) in [6.45, 7) is 1.63. The molecule has 0 unspecified atom stereocenters. The zero-order valence-electron chi connectivity index (χ0n) is 19.5. The lowest BCUT2D eigenvalue weighted by atomic mass is 9.96. The van der Waals surface area contributed by atoms with Crippen LogP contribution in [-0.2, 0) is 43.5 Å². The molecule has 1 aliphatic heterocycles. The molecule has 0 radical (unpaired) electrons. The predicted octanol–water partition coefficient (Wildman–Crippen LogP) is 4.07. The molecule has 6 nitrogen and oxygen atoms in total. The highest BCUT2D eigenvalue weighted by molar-refractivity contribution is 5.15.